The van der Waals surface area contributed by atoms with Crippen LogP contribution in [-0.2, 0) is 0 Å². The van der Waals surface area contributed by atoms with Crippen molar-refractivity contribution in [1.82, 2.24) is 9.38 Å². The predicted octanol–water partition coefficient (Wildman–Crippen LogP) is 5.44. The minimum absolute atomic E-state index is 0.0738. The Bertz CT molecular complexity index is 1150. The number of hydrogen-bond donors (Lipinski definition) is 1. The van der Waals surface area contributed by atoms with Gasteiger partial charge in [-0.1, -0.05) is 24.3 Å². The van der Waals surface area contributed by atoms with E-state index in [0.29, 0.717) is 22.9 Å². The molecular formula is C21H18N4O2. The molecule has 0 saturated carbocycles. The number of phenolic OH excluding ortho intramolecular Hbond substituents is 1. The fourth-order valence-electron chi connectivity index (χ4n) is 2.90. The number of azo groups is 1. The van der Waals surface area contributed by atoms with E-state index in [2.05, 4.69) is 10.2 Å². The fourth-order valence-corrected chi connectivity index (χ4v) is 2.90. The number of methoxy groups -OCH3 is 1. The molecule has 6 heteroatoms. The second-order valence-electron chi connectivity index (χ2n) is 6.11. The van der Waals surface area contributed by atoms with E-state index in [0.717, 1.165) is 16.8 Å². The van der Waals surface area contributed by atoms with Gasteiger partial charge in [-0.15, -0.1) is 10.2 Å². The number of hydrogen-bond acceptors (Lipinski definition) is 5. The van der Waals surface area contributed by atoms with Crippen LogP contribution < -0.4 is 4.74 Å². The van der Waals surface area contributed by atoms with E-state index in [-0.39, 0.29) is 5.75 Å². The molecule has 0 atom stereocenters. The molecule has 6 nitrogen and oxygen atoms in total. The third-order valence-electron chi connectivity index (χ3n) is 4.25. The summed E-state index contributed by atoms with van der Waals surface area (Å²) in [4.78, 5) is 4.75. The summed E-state index contributed by atoms with van der Waals surface area (Å²) in [6, 6.07) is 18.4. The van der Waals surface area contributed by atoms with Crippen molar-refractivity contribution in [2.75, 3.05) is 7.11 Å². The van der Waals surface area contributed by atoms with Crippen LogP contribution in [0.4, 0.5) is 11.5 Å². The third kappa shape index (κ3) is 3.13. The van der Waals surface area contributed by atoms with Gasteiger partial charge in [0.15, 0.2) is 5.82 Å². The Hall–Kier alpha value is -3.67. The molecule has 0 bridgehead atoms. The highest BCUT2D eigenvalue weighted by Gasteiger charge is 2.17. The standard InChI is InChI=1S/C21H18N4O2/c1-14-11-12-25-19(13-14)22-20(15-7-3-6-10-18(15)27-2)21(25)24-23-16-8-4-5-9-17(16)26/h3-13,26H,1-2H3. The number of para-hydroxylation sites is 2. The Balaban J connectivity index is 1.93. The van der Waals surface area contributed by atoms with Crippen LogP contribution in [-0.4, -0.2) is 21.6 Å². The molecular weight excluding hydrogens is 340 g/mol. The molecule has 4 rings (SSSR count). The third-order valence-corrected chi connectivity index (χ3v) is 4.25. The molecule has 2 heterocycles. The lowest BCUT2D eigenvalue weighted by Gasteiger charge is -2.06. The topological polar surface area (TPSA) is 71.5 Å². The lowest BCUT2D eigenvalue weighted by Crippen LogP contribution is -1.88. The zero-order valence-corrected chi connectivity index (χ0v) is 15.0. The lowest BCUT2D eigenvalue weighted by atomic mass is 10.1. The summed E-state index contributed by atoms with van der Waals surface area (Å²) < 4.78 is 7.37. The second kappa shape index (κ2) is 6.92. The van der Waals surface area contributed by atoms with Crippen LogP contribution in [0.1, 0.15) is 5.56 Å². The van der Waals surface area contributed by atoms with Crippen molar-refractivity contribution in [3.63, 3.8) is 0 Å². The second-order valence-corrected chi connectivity index (χ2v) is 6.11. The molecule has 2 aromatic carbocycles. The quantitative estimate of drug-likeness (QED) is 0.494. The first kappa shape index (κ1) is 16.8. The Morgan fingerprint density at radius 2 is 1.78 bits per heavy atom. The van der Waals surface area contributed by atoms with Gasteiger partial charge in [0.2, 0.25) is 0 Å². The first-order chi connectivity index (χ1) is 13.2. The van der Waals surface area contributed by atoms with Crippen LogP contribution in [0, 0.1) is 6.92 Å². The van der Waals surface area contributed by atoms with Crippen molar-refractivity contribution in [2.24, 2.45) is 10.2 Å². The molecule has 2 aromatic heterocycles. The molecule has 0 spiro atoms. The van der Waals surface area contributed by atoms with Crippen molar-refractivity contribution < 1.29 is 9.84 Å². The van der Waals surface area contributed by atoms with Crippen LogP contribution in [0.15, 0.2) is 77.1 Å². The highest BCUT2D eigenvalue weighted by molar-refractivity contribution is 5.78. The van der Waals surface area contributed by atoms with Crippen molar-refractivity contribution >= 4 is 17.2 Å². The van der Waals surface area contributed by atoms with Gasteiger partial charge in [-0.2, -0.15) is 0 Å². The van der Waals surface area contributed by atoms with E-state index in [4.69, 9.17) is 9.72 Å². The summed E-state index contributed by atoms with van der Waals surface area (Å²) in [6.07, 6.45) is 1.91. The predicted molar refractivity (Wildman–Crippen MR) is 104 cm³/mol. The van der Waals surface area contributed by atoms with Crippen molar-refractivity contribution in [1.29, 1.82) is 0 Å². The van der Waals surface area contributed by atoms with Crippen molar-refractivity contribution in [2.45, 2.75) is 6.92 Å². The number of aromatic nitrogens is 2. The maximum Gasteiger partial charge on any atom is 0.187 e. The van der Waals surface area contributed by atoms with Crippen LogP contribution in [0.25, 0.3) is 16.9 Å². The molecule has 4 aromatic rings. The summed E-state index contributed by atoms with van der Waals surface area (Å²) in [5, 5.41) is 18.6. The van der Waals surface area contributed by atoms with E-state index in [1.807, 2.05) is 53.9 Å². The summed E-state index contributed by atoms with van der Waals surface area (Å²) in [5.74, 6) is 1.35. The molecule has 27 heavy (non-hydrogen) atoms. The smallest absolute Gasteiger partial charge is 0.187 e. The zero-order valence-electron chi connectivity index (χ0n) is 15.0. The van der Waals surface area contributed by atoms with Gasteiger partial charge in [-0.3, -0.25) is 4.40 Å². The van der Waals surface area contributed by atoms with Crippen LogP contribution in [0.3, 0.4) is 0 Å². The Morgan fingerprint density at radius 1 is 1.00 bits per heavy atom. The number of aromatic hydroxyl groups is 1. The van der Waals surface area contributed by atoms with Crippen LogP contribution in [0.2, 0.25) is 0 Å². The van der Waals surface area contributed by atoms with Gasteiger partial charge in [0.05, 0.1) is 7.11 Å². The number of ether oxygens (including phenoxy) is 1. The molecule has 0 saturated heterocycles. The maximum atomic E-state index is 9.96. The number of benzene rings is 2. The van der Waals surface area contributed by atoms with E-state index in [1.54, 1.807) is 31.4 Å². The molecule has 0 aliphatic heterocycles. The summed E-state index contributed by atoms with van der Waals surface area (Å²) in [5.41, 5.74) is 3.75. The van der Waals surface area contributed by atoms with E-state index in [9.17, 15) is 5.11 Å². The first-order valence-electron chi connectivity index (χ1n) is 8.49. The van der Waals surface area contributed by atoms with E-state index >= 15 is 0 Å². The van der Waals surface area contributed by atoms with Gasteiger partial charge in [0, 0.05) is 11.8 Å². The van der Waals surface area contributed by atoms with E-state index < -0.39 is 0 Å². The number of fused-ring (bicyclic) bond motifs is 1. The average molecular weight is 358 g/mol. The van der Waals surface area contributed by atoms with Gasteiger partial charge >= 0.3 is 0 Å². The highest BCUT2D eigenvalue weighted by atomic mass is 16.5. The monoisotopic (exact) mass is 358 g/mol. The number of phenols is 1. The Kier molecular flexibility index (Phi) is 4.30. The number of aryl methyl sites for hydroxylation is 1. The summed E-state index contributed by atoms with van der Waals surface area (Å²) >= 11 is 0. The fraction of sp³-hybridized carbons (Fsp3) is 0.0952. The number of pyridine rings is 1. The minimum atomic E-state index is 0.0738. The van der Waals surface area contributed by atoms with Crippen molar-refractivity contribution in [3.05, 3.63) is 72.4 Å². The molecule has 1 N–H and O–H groups in total. The highest BCUT2D eigenvalue weighted by Crippen LogP contribution is 2.38. The summed E-state index contributed by atoms with van der Waals surface area (Å²) in [6.45, 7) is 2.01. The van der Waals surface area contributed by atoms with Crippen molar-refractivity contribution in [3.8, 4) is 22.8 Å². The average Bonchev–Trinajstić information content (AvgIpc) is 3.04. The molecule has 0 fully saturated rings. The van der Waals surface area contributed by atoms with Gasteiger partial charge in [-0.05, 0) is 48.9 Å². The molecule has 0 radical (unpaired) electrons. The van der Waals surface area contributed by atoms with Gasteiger partial charge in [0.25, 0.3) is 0 Å². The van der Waals surface area contributed by atoms with E-state index in [1.165, 1.54) is 0 Å². The Labute approximate surface area is 156 Å². The maximum absolute atomic E-state index is 9.96. The van der Waals surface area contributed by atoms with Crippen LogP contribution in [0.5, 0.6) is 11.5 Å². The van der Waals surface area contributed by atoms with Gasteiger partial charge in [-0.25, -0.2) is 4.98 Å². The molecule has 0 aliphatic rings. The molecule has 134 valence electrons. The zero-order chi connectivity index (χ0) is 18.8. The van der Waals surface area contributed by atoms with Gasteiger partial charge in [0.1, 0.15) is 28.5 Å². The molecule has 0 aliphatic carbocycles. The normalized spacial score (nSPS) is 11.3. The summed E-state index contributed by atoms with van der Waals surface area (Å²) in [7, 11) is 1.63. The largest absolute Gasteiger partial charge is 0.506 e. The Morgan fingerprint density at radius 3 is 2.59 bits per heavy atom. The first-order valence-corrected chi connectivity index (χ1v) is 8.49. The minimum Gasteiger partial charge on any atom is -0.506 e. The SMILES string of the molecule is COc1ccccc1-c1nc2cc(C)ccn2c1N=Nc1ccccc1O. The number of rotatable bonds is 4. The molecule has 0 amide bonds. The van der Waals surface area contributed by atoms with Crippen LogP contribution >= 0.6 is 0 Å². The molecule has 0 unspecified atom stereocenters. The number of imidazole rings is 1. The van der Waals surface area contributed by atoms with Gasteiger partial charge < -0.3 is 9.84 Å². The lowest BCUT2D eigenvalue weighted by molar-refractivity contribution is 0.416. The number of nitrogens with zero attached hydrogens (tertiary/aromatic N) is 4.